The molecule has 0 unspecified atom stereocenters. The first-order valence-corrected chi connectivity index (χ1v) is 11.8. The Morgan fingerprint density at radius 2 is 1.81 bits per heavy atom. The first kappa shape index (κ1) is 25.7. The third-order valence-corrected chi connectivity index (χ3v) is 6.30. The quantitative estimate of drug-likeness (QED) is 0.363. The van der Waals surface area contributed by atoms with E-state index in [0.29, 0.717) is 11.5 Å². The topological polar surface area (TPSA) is 99.7 Å². The van der Waals surface area contributed by atoms with Crippen molar-refractivity contribution < 1.29 is 23.5 Å². The predicted octanol–water partition coefficient (Wildman–Crippen LogP) is 4.19. The van der Waals surface area contributed by atoms with Crippen LogP contribution >= 0.6 is 0 Å². The third-order valence-electron chi connectivity index (χ3n) is 6.30. The molecule has 2 amide bonds. The van der Waals surface area contributed by atoms with E-state index in [1.807, 2.05) is 51.1 Å². The Hall–Kier alpha value is -4.40. The Balaban J connectivity index is 1.69. The van der Waals surface area contributed by atoms with E-state index < -0.39 is 17.4 Å². The van der Waals surface area contributed by atoms with Gasteiger partial charge in [-0.2, -0.15) is 5.10 Å². The summed E-state index contributed by atoms with van der Waals surface area (Å²) in [5, 5.41) is 5.24. The van der Waals surface area contributed by atoms with Crippen molar-refractivity contribution in [3.05, 3.63) is 84.3 Å². The van der Waals surface area contributed by atoms with Crippen LogP contribution in [-0.2, 0) is 15.1 Å². The summed E-state index contributed by atoms with van der Waals surface area (Å²) in [6.07, 6.45) is 1.70. The second-order valence-electron chi connectivity index (χ2n) is 9.18. The van der Waals surface area contributed by atoms with Crippen LogP contribution in [0.25, 0.3) is 16.6 Å². The van der Waals surface area contributed by atoms with Crippen LogP contribution in [-0.4, -0.2) is 46.3 Å². The number of ether oxygens (including phenoxy) is 2. The van der Waals surface area contributed by atoms with Gasteiger partial charge in [-0.25, -0.2) is 9.07 Å². The molecule has 0 radical (unpaired) electrons. The molecule has 192 valence electrons. The number of hydrogen-bond acceptors (Lipinski definition) is 5. The number of primary amides is 1. The van der Waals surface area contributed by atoms with Gasteiger partial charge in [-0.05, 0) is 80.9 Å². The number of nitrogens with zero attached hydrogens (tertiary/aromatic N) is 3. The summed E-state index contributed by atoms with van der Waals surface area (Å²) in [5.74, 6) is -1.01. The molecule has 0 saturated carbocycles. The van der Waals surface area contributed by atoms with E-state index >= 15 is 0 Å². The van der Waals surface area contributed by atoms with E-state index in [0.717, 1.165) is 22.2 Å². The number of carbonyl (C=O) groups is 2. The van der Waals surface area contributed by atoms with Gasteiger partial charge >= 0.3 is 11.8 Å². The summed E-state index contributed by atoms with van der Waals surface area (Å²) in [4.78, 5) is 26.3. The number of fused-ring (bicyclic) bond motifs is 1. The lowest BCUT2D eigenvalue weighted by molar-refractivity contribution is -0.151. The van der Waals surface area contributed by atoms with E-state index in [-0.39, 0.29) is 18.5 Å². The molecule has 0 saturated heterocycles. The van der Waals surface area contributed by atoms with E-state index in [1.165, 1.54) is 17.0 Å². The fraction of sp³-hybridized carbons (Fsp3) is 0.250. The minimum atomic E-state index is -1.05. The van der Waals surface area contributed by atoms with Crippen molar-refractivity contribution in [1.82, 2.24) is 14.7 Å². The van der Waals surface area contributed by atoms with Crippen molar-refractivity contribution in [2.45, 2.75) is 32.4 Å². The number of methoxy groups -OCH3 is 1. The molecule has 0 bridgehead atoms. The van der Waals surface area contributed by atoms with Crippen LogP contribution in [0.5, 0.6) is 11.5 Å². The lowest BCUT2D eigenvalue weighted by atomic mass is 9.89. The summed E-state index contributed by atoms with van der Waals surface area (Å²) >= 11 is 0. The Morgan fingerprint density at radius 1 is 1.08 bits per heavy atom. The SMILES string of the molecule is COc1cccc([C@@](C)(COc2ccc3c(cnn3-c3ccc(F)cc3)c2)N(C(=O)C(N)=O)C(C)C)c1. The molecule has 1 heterocycles. The van der Waals surface area contributed by atoms with Gasteiger partial charge in [-0.3, -0.25) is 9.59 Å². The Bertz CT molecular complexity index is 1430. The summed E-state index contributed by atoms with van der Waals surface area (Å²) in [6.45, 7) is 5.49. The highest BCUT2D eigenvalue weighted by molar-refractivity contribution is 6.34. The molecule has 2 N–H and O–H groups in total. The van der Waals surface area contributed by atoms with Crippen molar-refractivity contribution >= 4 is 22.7 Å². The molecule has 3 aromatic carbocycles. The first-order chi connectivity index (χ1) is 17.6. The molecule has 1 aromatic heterocycles. The lowest BCUT2D eigenvalue weighted by Crippen LogP contribution is -2.57. The molecule has 8 nitrogen and oxygen atoms in total. The maximum absolute atomic E-state index is 13.3. The van der Waals surface area contributed by atoms with Gasteiger partial charge < -0.3 is 20.1 Å². The molecule has 0 aliphatic heterocycles. The largest absolute Gasteiger partial charge is 0.497 e. The fourth-order valence-corrected chi connectivity index (χ4v) is 4.51. The molecule has 9 heteroatoms. The standard InChI is InChI=1S/C28H29FN4O4/c1-18(2)32(27(35)26(30)34)28(3,20-6-5-7-23(15-20)36-4)17-37-24-12-13-25-19(14-24)16-31-33(25)22-10-8-21(29)9-11-22/h5-16,18H,17H2,1-4H3,(H2,30,34)/t28-/m1/s1. The van der Waals surface area contributed by atoms with Gasteiger partial charge in [0.2, 0.25) is 0 Å². The fourth-order valence-electron chi connectivity index (χ4n) is 4.51. The number of amides is 2. The predicted molar refractivity (Wildman–Crippen MR) is 138 cm³/mol. The highest BCUT2D eigenvalue weighted by atomic mass is 19.1. The van der Waals surface area contributed by atoms with E-state index in [1.54, 1.807) is 42.3 Å². The van der Waals surface area contributed by atoms with Crippen LogP contribution in [0.1, 0.15) is 26.3 Å². The lowest BCUT2D eigenvalue weighted by Gasteiger charge is -2.43. The molecular formula is C28H29FN4O4. The van der Waals surface area contributed by atoms with E-state index in [9.17, 15) is 14.0 Å². The molecule has 0 fully saturated rings. The molecule has 0 aliphatic rings. The van der Waals surface area contributed by atoms with Crippen molar-refractivity contribution in [2.24, 2.45) is 5.73 Å². The summed E-state index contributed by atoms with van der Waals surface area (Å²) in [5.41, 5.74) is 6.63. The highest BCUT2D eigenvalue weighted by Crippen LogP contribution is 2.34. The molecule has 1 atom stereocenters. The molecule has 0 spiro atoms. The van der Waals surface area contributed by atoms with E-state index in [2.05, 4.69) is 5.10 Å². The number of carbonyl (C=O) groups excluding carboxylic acids is 2. The number of benzene rings is 3. The molecule has 0 aliphatic carbocycles. The zero-order valence-electron chi connectivity index (χ0n) is 21.1. The smallest absolute Gasteiger partial charge is 0.312 e. The van der Waals surface area contributed by atoms with Gasteiger partial charge in [-0.15, -0.1) is 0 Å². The number of hydrogen-bond donors (Lipinski definition) is 1. The van der Waals surface area contributed by atoms with Crippen LogP contribution in [0.2, 0.25) is 0 Å². The number of aromatic nitrogens is 2. The Labute approximate surface area is 214 Å². The maximum Gasteiger partial charge on any atom is 0.312 e. The van der Waals surface area contributed by atoms with Crippen molar-refractivity contribution in [3.8, 4) is 17.2 Å². The van der Waals surface area contributed by atoms with Gasteiger partial charge in [0.1, 0.15) is 29.5 Å². The summed E-state index contributed by atoms with van der Waals surface area (Å²) in [6, 6.07) is 18.5. The van der Waals surface area contributed by atoms with E-state index in [4.69, 9.17) is 15.2 Å². The second kappa shape index (κ2) is 10.3. The second-order valence-corrected chi connectivity index (χ2v) is 9.18. The van der Waals surface area contributed by atoms with Gasteiger partial charge in [-0.1, -0.05) is 12.1 Å². The number of nitrogens with two attached hydrogens (primary N) is 1. The van der Waals surface area contributed by atoms with Gasteiger partial charge in [0.05, 0.1) is 24.5 Å². The Kier molecular flexibility index (Phi) is 7.15. The van der Waals surface area contributed by atoms with Crippen LogP contribution < -0.4 is 15.2 Å². The zero-order valence-corrected chi connectivity index (χ0v) is 21.1. The monoisotopic (exact) mass is 504 g/mol. The zero-order chi connectivity index (χ0) is 26.7. The van der Waals surface area contributed by atoms with Crippen LogP contribution in [0.3, 0.4) is 0 Å². The molecular weight excluding hydrogens is 475 g/mol. The number of rotatable bonds is 8. The van der Waals surface area contributed by atoms with Crippen molar-refractivity contribution in [2.75, 3.05) is 13.7 Å². The molecule has 37 heavy (non-hydrogen) atoms. The van der Waals surface area contributed by atoms with Gasteiger partial charge in [0.15, 0.2) is 0 Å². The van der Waals surface area contributed by atoms with Crippen LogP contribution in [0, 0.1) is 5.82 Å². The van der Waals surface area contributed by atoms with Crippen LogP contribution in [0.15, 0.2) is 72.9 Å². The van der Waals surface area contributed by atoms with Crippen molar-refractivity contribution in [1.29, 1.82) is 0 Å². The summed E-state index contributed by atoms with van der Waals surface area (Å²) in [7, 11) is 1.56. The molecule has 4 rings (SSSR count). The minimum Gasteiger partial charge on any atom is -0.497 e. The van der Waals surface area contributed by atoms with Crippen LogP contribution in [0.4, 0.5) is 4.39 Å². The number of halogens is 1. The average Bonchev–Trinajstić information content (AvgIpc) is 3.31. The maximum atomic E-state index is 13.3. The third kappa shape index (κ3) is 5.11. The molecule has 4 aromatic rings. The van der Waals surface area contributed by atoms with Crippen molar-refractivity contribution in [3.63, 3.8) is 0 Å². The summed E-state index contributed by atoms with van der Waals surface area (Å²) < 4.78 is 26.7. The first-order valence-electron chi connectivity index (χ1n) is 11.8. The highest BCUT2D eigenvalue weighted by Gasteiger charge is 2.41. The average molecular weight is 505 g/mol. The normalized spacial score (nSPS) is 12.8. The van der Waals surface area contributed by atoms with Gasteiger partial charge in [0.25, 0.3) is 0 Å². The minimum absolute atomic E-state index is 0.0367. The Morgan fingerprint density at radius 3 is 2.46 bits per heavy atom. The van der Waals surface area contributed by atoms with Gasteiger partial charge in [0, 0.05) is 11.4 Å².